The molecule has 0 saturated carbocycles. The molecule has 0 fully saturated rings. The average Bonchev–Trinajstić information content (AvgIpc) is 2.42. The Hall–Kier alpha value is -1.32. The van der Waals surface area contributed by atoms with Crippen LogP contribution < -0.4 is 0 Å². The van der Waals surface area contributed by atoms with Crippen LogP contribution >= 0.6 is 0 Å². The molecule has 0 rings (SSSR count). The molecule has 0 radical (unpaired) electrons. The molecule has 0 aromatic carbocycles. The molecular formula is C16H28O4. The maximum absolute atomic E-state index is 12.1. The third-order valence-electron chi connectivity index (χ3n) is 2.97. The zero-order valence-electron chi connectivity index (χ0n) is 13.3. The van der Waals surface area contributed by atoms with Gasteiger partial charge in [-0.3, -0.25) is 0 Å². The number of ether oxygens (including phenoxy) is 2. The molecule has 0 unspecified atom stereocenters. The van der Waals surface area contributed by atoms with Crippen molar-refractivity contribution in [2.45, 2.75) is 66.2 Å². The molecule has 116 valence electrons. The standard InChI is InChI=1S/C16H28O4/c1-5-9-11-13(15(17)19-7-3)14(12-10-6-2)16(18)20-8-4/h5-12H2,1-4H3/b14-13-. The topological polar surface area (TPSA) is 52.6 Å². The molecule has 0 aliphatic heterocycles. The quantitative estimate of drug-likeness (QED) is 0.452. The lowest BCUT2D eigenvalue weighted by molar-refractivity contribution is -0.142. The fraction of sp³-hybridized carbons (Fsp3) is 0.750. The Kier molecular flexibility index (Phi) is 10.7. The van der Waals surface area contributed by atoms with Crippen molar-refractivity contribution in [2.75, 3.05) is 13.2 Å². The molecule has 0 aromatic rings. The van der Waals surface area contributed by atoms with E-state index in [-0.39, 0.29) is 11.9 Å². The van der Waals surface area contributed by atoms with E-state index in [0.29, 0.717) is 37.2 Å². The molecule has 20 heavy (non-hydrogen) atoms. The Morgan fingerprint density at radius 1 is 0.700 bits per heavy atom. The molecule has 0 N–H and O–H groups in total. The summed E-state index contributed by atoms with van der Waals surface area (Å²) in [6.07, 6.45) is 4.81. The molecule has 0 amide bonds. The third-order valence-corrected chi connectivity index (χ3v) is 2.97. The van der Waals surface area contributed by atoms with Gasteiger partial charge in [-0.2, -0.15) is 0 Å². The Bertz CT molecular complexity index is 299. The molecule has 0 heterocycles. The predicted octanol–water partition coefficient (Wildman–Crippen LogP) is 3.79. The fourth-order valence-corrected chi connectivity index (χ4v) is 1.90. The third kappa shape index (κ3) is 6.73. The van der Waals surface area contributed by atoms with Crippen molar-refractivity contribution in [1.29, 1.82) is 0 Å². The summed E-state index contributed by atoms with van der Waals surface area (Å²) in [5.74, 6) is -0.750. The van der Waals surface area contributed by atoms with Crippen LogP contribution in [0, 0.1) is 0 Å². The highest BCUT2D eigenvalue weighted by Gasteiger charge is 2.22. The van der Waals surface area contributed by atoms with Crippen LogP contribution in [-0.2, 0) is 19.1 Å². The molecule has 0 saturated heterocycles. The lowest BCUT2D eigenvalue weighted by Crippen LogP contribution is -2.17. The van der Waals surface area contributed by atoms with Crippen LogP contribution in [0.5, 0.6) is 0 Å². The summed E-state index contributed by atoms with van der Waals surface area (Å²) in [5.41, 5.74) is 1.00. The van der Waals surface area contributed by atoms with Crippen molar-refractivity contribution in [1.82, 2.24) is 0 Å². The van der Waals surface area contributed by atoms with Crippen molar-refractivity contribution >= 4 is 11.9 Å². The minimum absolute atomic E-state index is 0.318. The molecular weight excluding hydrogens is 256 g/mol. The van der Waals surface area contributed by atoms with Crippen molar-refractivity contribution in [2.24, 2.45) is 0 Å². The van der Waals surface area contributed by atoms with Gasteiger partial charge in [0.1, 0.15) is 0 Å². The van der Waals surface area contributed by atoms with E-state index in [9.17, 15) is 9.59 Å². The maximum Gasteiger partial charge on any atom is 0.334 e. The van der Waals surface area contributed by atoms with Crippen LogP contribution in [0.4, 0.5) is 0 Å². The van der Waals surface area contributed by atoms with Crippen LogP contribution in [0.25, 0.3) is 0 Å². The first-order valence-electron chi connectivity index (χ1n) is 7.68. The smallest absolute Gasteiger partial charge is 0.334 e. The van der Waals surface area contributed by atoms with Crippen molar-refractivity contribution in [3.63, 3.8) is 0 Å². The zero-order chi connectivity index (χ0) is 15.4. The Morgan fingerprint density at radius 2 is 1.05 bits per heavy atom. The van der Waals surface area contributed by atoms with Crippen LogP contribution in [-0.4, -0.2) is 25.2 Å². The highest BCUT2D eigenvalue weighted by molar-refractivity contribution is 6.00. The molecule has 0 aliphatic carbocycles. The van der Waals surface area contributed by atoms with Gasteiger partial charge in [0.2, 0.25) is 0 Å². The molecule has 0 bridgehead atoms. The van der Waals surface area contributed by atoms with Crippen molar-refractivity contribution in [3.8, 4) is 0 Å². The summed E-state index contributed by atoms with van der Waals surface area (Å²) < 4.78 is 10.2. The predicted molar refractivity (Wildman–Crippen MR) is 79.3 cm³/mol. The van der Waals surface area contributed by atoms with Crippen LogP contribution in [0.1, 0.15) is 66.2 Å². The first-order valence-corrected chi connectivity index (χ1v) is 7.68. The van der Waals surface area contributed by atoms with E-state index in [0.717, 1.165) is 25.7 Å². The molecule has 4 nitrogen and oxygen atoms in total. The average molecular weight is 284 g/mol. The largest absolute Gasteiger partial charge is 0.463 e. The summed E-state index contributed by atoms with van der Waals surface area (Å²) in [4.78, 5) is 24.1. The van der Waals surface area contributed by atoms with Gasteiger partial charge in [0.15, 0.2) is 0 Å². The first kappa shape index (κ1) is 18.7. The first-order chi connectivity index (χ1) is 9.62. The SMILES string of the molecule is CCCC/C(C(=O)OCC)=C(\CCCC)C(=O)OCC. The minimum atomic E-state index is -0.375. The summed E-state index contributed by atoms with van der Waals surface area (Å²) in [5, 5.41) is 0. The van der Waals surface area contributed by atoms with Gasteiger partial charge in [0.05, 0.1) is 13.2 Å². The van der Waals surface area contributed by atoms with Crippen molar-refractivity contribution in [3.05, 3.63) is 11.1 Å². The summed E-state index contributed by atoms with van der Waals surface area (Å²) in [7, 11) is 0. The number of rotatable bonds is 10. The van der Waals surface area contributed by atoms with E-state index in [1.807, 2.05) is 0 Å². The molecule has 4 heteroatoms. The minimum Gasteiger partial charge on any atom is -0.463 e. The second-order valence-electron chi connectivity index (χ2n) is 4.61. The number of carbonyl (C=O) groups excluding carboxylic acids is 2. The molecule has 0 spiro atoms. The second-order valence-corrected chi connectivity index (χ2v) is 4.61. The Balaban J connectivity index is 5.31. The Labute approximate surface area is 122 Å². The molecule has 0 aromatic heterocycles. The summed E-state index contributed by atoms with van der Waals surface area (Å²) >= 11 is 0. The number of esters is 2. The monoisotopic (exact) mass is 284 g/mol. The van der Waals surface area contributed by atoms with E-state index in [1.165, 1.54) is 0 Å². The van der Waals surface area contributed by atoms with Crippen LogP contribution in [0.15, 0.2) is 11.1 Å². The zero-order valence-corrected chi connectivity index (χ0v) is 13.3. The number of hydrogen-bond donors (Lipinski definition) is 0. The van der Waals surface area contributed by atoms with E-state index in [1.54, 1.807) is 13.8 Å². The van der Waals surface area contributed by atoms with Gasteiger partial charge in [-0.1, -0.05) is 26.7 Å². The van der Waals surface area contributed by atoms with Gasteiger partial charge in [-0.05, 0) is 39.5 Å². The van der Waals surface area contributed by atoms with Crippen LogP contribution in [0.2, 0.25) is 0 Å². The van der Waals surface area contributed by atoms with Crippen LogP contribution in [0.3, 0.4) is 0 Å². The summed E-state index contributed by atoms with van der Waals surface area (Å²) in [6, 6.07) is 0. The van der Waals surface area contributed by atoms with Gasteiger partial charge in [0.25, 0.3) is 0 Å². The normalized spacial score (nSPS) is 11.8. The lowest BCUT2D eigenvalue weighted by Gasteiger charge is -2.13. The van der Waals surface area contributed by atoms with E-state index in [4.69, 9.17) is 9.47 Å². The highest BCUT2D eigenvalue weighted by atomic mass is 16.5. The van der Waals surface area contributed by atoms with E-state index in [2.05, 4.69) is 13.8 Å². The number of hydrogen-bond acceptors (Lipinski definition) is 4. The maximum atomic E-state index is 12.1. The van der Waals surface area contributed by atoms with Gasteiger partial charge in [-0.15, -0.1) is 0 Å². The molecule has 0 aliphatic rings. The number of unbranched alkanes of at least 4 members (excludes halogenated alkanes) is 2. The van der Waals surface area contributed by atoms with E-state index < -0.39 is 0 Å². The fourth-order valence-electron chi connectivity index (χ4n) is 1.90. The number of carbonyl (C=O) groups is 2. The van der Waals surface area contributed by atoms with Gasteiger partial charge in [-0.25, -0.2) is 9.59 Å². The Morgan fingerprint density at radius 3 is 1.30 bits per heavy atom. The second kappa shape index (κ2) is 11.5. The lowest BCUT2D eigenvalue weighted by atomic mass is 9.98. The van der Waals surface area contributed by atoms with Gasteiger partial charge >= 0.3 is 11.9 Å². The summed E-state index contributed by atoms with van der Waals surface area (Å²) in [6.45, 7) is 8.28. The van der Waals surface area contributed by atoms with Gasteiger partial charge < -0.3 is 9.47 Å². The van der Waals surface area contributed by atoms with Crippen molar-refractivity contribution < 1.29 is 19.1 Å². The highest BCUT2D eigenvalue weighted by Crippen LogP contribution is 2.21. The van der Waals surface area contributed by atoms with Gasteiger partial charge in [0, 0.05) is 11.1 Å². The van der Waals surface area contributed by atoms with E-state index >= 15 is 0 Å². The molecule has 0 atom stereocenters.